The number of benzene rings is 1. The Kier molecular flexibility index (Phi) is 3.67. The highest BCUT2D eigenvalue weighted by Crippen LogP contribution is 2.29. The smallest absolute Gasteiger partial charge is 0.227 e. The summed E-state index contributed by atoms with van der Waals surface area (Å²) in [6.07, 6.45) is 1.84. The molecule has 21 heavy (non-hydrogen) atoms. The molecule has 3 nitrogen and oxygen atoms in total. The van der Waals surface area contributed by atoms with Crippen LogP contribution < -0.4 is 5.32 Å². The molecule has 1 heterocycles. The first-order chi connectivity index (χ1) is 10.1. The SMILES string of the molecule is O=C(Nc1ccc(F)c(F)c1F)C1CCc2ncsc2C1. The van der Waals surface area contributed by atoms with Crippen molar-refractivity contribution in [2.24, 2.45) is 5.92 Å². The van der Waals surface area contributed by atoms with E-state index in [9.17, 15) is 18.0 Å². The average molecular weight is 312 g/mol. The molecule has 7 heteroatoms. The van der Waals surface area contributed by atoms with Gasteiger partial charge in [-0.2, -0.15) is 0 Å². The molecular weight excluding hydrogens is 301 g/mol. The maximum atomic E-state index is 13.5. The molecule has 1 aromatic carbocycles. The molecule has 0 bridgehead atoms. The van der Waals surface area contributed by atoms with Gasteiger partial charge in [-0.25, -0.2) is 18.2 Å². The Morgan fingerprint density at radius 3 is 2.90 bits per heavy atom. The van der Waals surface area contributed by atoms with Crippen LogP contribution in [0.3, 0.4) is 0 Å². The van der Waals surface area contributed by atoms with E-state index in [2.05, 4.69) is 10.3 Å². The number of carbonyl (C=O) groups excluding carboxylic acids is 1. The molecule has 1 unspecified atom stereocenters. The summed E-state index contributed by atoms with van der Waals surface area (Å²) >= 11 is 1.49. The molecule has 0 saturated heterocycles. The summed E-state index contributed by atoms with van der Waals surface area (Å²) in [5.41, 5.74) is 2.40. The Balaban J connectivity index is 1.74. The summed E-state index contributed by atoms with van der Waals surface area (Å²) < 4.78 is 39.5. The molecule has 0 aliphatic heterocycles. The molecule has 1 aliphatic carbocycles. The van der Waals surface area contributed by atoms with Gasteiger partial charge in [0.1, 0.15) is 0 Å². The van der Waals surface area contributed by atoms with E-state index in [1.807, 2.05) is 0 Å². The number of carbonyl (C=O) groups is 1. The van der Waals surface area contributed by atoms with Crippen molar-refractivity contribution in [3.8, 4) is 0 Å². The Labute approximate surface area is 122 Å². The minimum Gasteiger partial charge on any atom is -0.323 e. The number of rotatable bonds is 2. The second-order valence-electron chi connectivity index (χ2n) is 4.87. The van der Waals surface area contributed by atoms with Gasteiger partial charge in [-0.3, -0.25) is 4.79 Å². The van der Waals surface area contributed by atoms with Gasteiger partial charge >= 0.3 is 0 Å². The lowest BCUT2D eigenvalue weighted by Gasteiger charge is -2.20. The molecule has 1 amide bonds. The highest BCUT2D eigenvalue weighted by atomic mass is 32.1. The minimum atomic E-state index is -1.58. The predicted molar refractivity (Wildman–Crippen MR) is 72.6 cm³/mol. The van der Waals surface area contributed by atoms with Crippen molar-refractivity contribution in [3.63, 3.8) is 0 Å². The molecule has 0 radical (unpaired) electrons. The van der Waals surface area contributed by atoms with Crippen molar-refractivity contribution in [1.29, 1.82) is 0 Å². The number of nitrogens with one attached hydrogen (secondary N) is 1. The van der Waals surface area contributed by atoms with Crippen LogP contribution in [-0.4, -0.2) is 10.9 Å². The standard InChI is InChI=1S/C14H11F3N2OS/c15-8-2-4-10(13(17)12(8)16)19-14(20)7-1-3-9-11(5-7)21-6-18-9/h2,4,6-7H,1,3,5H2,(H,19,20). The van der Waals surface area contributed by atoms with Crippen LogP contribution in [0.4, 0.5) is 18.9 Å². The van der Waals surface area contributed by atoms with Gasteiger partial charge in [-0.15, -0.1) is 11.3 Å². The third-order valence-electron chi connectivity index (χ3n) is 3.55. The summed E-state index contributed by atoms with van der Waals surface area (Å²) in [6.45, 7) is 0. The van der Waals surface area contributed by atoms with Gasteiger partial charge in [-0.1, -0.05) is 0 Å². The monoisotopic (exact) mass is 312 g/mol. The van der Waals surface area contributed by atoms with Crippen LogP contribution >= 0.6 is 11.3 Å². The largest absolute Gasteiger partial charge is 0.323 e. The van der Waals surface area contributed by atoms with Crippen LogP contribution in [0.2, 0.25) is 0 Å². The number of fused-ring (bicyclic) bond motifs is 1. The number of anilines is 1. The summed E-state index contributed by atoms with van der Waals surface area (Å²) in [5.74, 6) is -4.94. The first-order valence-corrected chi connectivity index (χ1v) is 7.30. The van der Waals surface area contributed by atoms with Crippen LogP contribution in [0.25, 0.3) is 0 Å². The summed E-state index contributed by atoms with van der Waals surface area (Å²) in [6, 6.07) is 1.81. The van der Waals surface area contributed by atoms with Crippen LogP contribution in [0.15, 0.2) is 17.6 Å². The second kappa shape index (κ2) is 5.48. The van der Waals surface area contributed by atoms with Crippen LogP contribution in [-0.2, 0) is 17.6 Å². The molecule has 1 N–H and O–H groups in total. The summed E-state index contributed by atoms with van der Waals surface area (Å²) in [7, 11) is 0. The van der Waals surface area contributed by atoms with Crippen molar-refractivity contribution < 1.29 is 18.0 Å². The lowest BCUT2D eigenvalue weighted by atomic mass is 9.90. The molecule has 1 aromatic heterocycles. The number of thiazole rings is 1. The van der Waals surface area contributed by atoms with Crippen molar-refractivity contribution in [2.75, 3.05) is 5.32 Å². The molecular formula is C14H11F3N2OS. The Morgan fingerprint density at radius 1 is 1.29 bits per heavy atom. The number of nitrogens with zero attached hydrogens (tertiary/aromatic N) is 1. The van der Waals surface area contributed by atoms with E-state index in [1.54, 1.807) is 5.51 Å². The number of hydrogen-bond acceptors (Lipinski definition) is 3. The third kappa shape index (κ3) is 2.65. The molecule has 2 aromatic rings. The quantitative estimate of drug-likeness (QED) is 0.865. The van der Waals surface area contributed by atoms with Crippen LogP contribution in [0, 0.1) is 23.4 Å². The highest BCUT2D eigenvalue weighted by Gasteiger charge is 2.27. The van der Waals surface area contributed by atoms with E-state index >= 15 is 0 Å². The highest BCUT2D eigenvalue weighted by molar-refractivity contribution is 7.09. The molecule has 1 atom stereocenters. The van der Waals surface area contributed by atoms with E-state index in [1.165, 1.54) is 11.3 Å². The van der Waals surface area contributed by atoms with Crippen LogP contribution in [0.1, 0.15) is 17.0 Å². The van der Waals surface area contributed by atoms with Gasteiger partial charge in [0.2, 0.25) is 5.91 Å². The summed E-state index contributed by atoms with van der Waals surface area (Å²) in [5, 5.41) is 2.33. The van der Waals surface area contributed by atoms with E-state index in [4.69, 9.17) is 0 Å². The van der Waals surface area contributed by atoms with Crippen LogP contribution in [0.5, 0.6) is 0 Å². The average Bonchev–Trinajstić information content (AvgIpc) is 2.95. The first-order valence-electron chi connectivity index (χ1n) is 6.42. The van der Waals surface area contributed by atoms with Gasteiger partial charge in [0.25, 0.3) is 0 Å². The fourth-order valence-electron chi connectivity index (χ4n) is 2.38. The number of halogens is 3. The van der Waals surface area contributed by atoms with Gasteiger partial charge in [0, 0.05) is 10.8 Å². The first kappa shape index (κ1) is 14.1. The fourth-order valence-corrected chi connectivity index (χ4v) is 3.28. The maximum Gasteiger partial charge on any atom is 0.227 e. The lowest BCUT2D eigenvalue weighted by molar-refractivity contribution is -0.120. The molecule has 0 saturated carbocycles. The fraction of sp³-hybridized carbons (Fsp3) is 0.286. The Hall–Kier alpha value is -1.89. The molecule has 1 aliphatic rings. The minimum absolute atomic E-state index is 0.314. The Morgan fingerprint density at radius 2 is 2.10 bits per heavy atom. The molecule has 0 fully saturated rings. The van der Waals surface area contributed by atoms with Crippen molar-refractivity contribution in [1.82, 2.24) is 4.98 Å². The van der Waals surface area contributed by atoms with Gasteiger partial charge in [-0.05, 0) is 31.4 Å². The second-order valence-corrected chi connectivity index (χ2v) is 5.81. The normalized spacial score (nSPS) is 17.4. The van der Waals surface area contributed by atoms with Gasteiger partial charge in [0.15, 0.2) is 17.5 Å². The van der Waals surface area contributed by atoms with Gasteiger partial charge < -0.3 is 5.32 Å². The number of aryl methyl sites for hydroxylation is 1. The lowest BCUT2D eigenvalue weighted by Crippen LogP contribution is -2.28. The predicted octanol–water partition coefficient (Wildman–Crippen LogP) is 3.30. The topological polar surface area (TPSA) is 42.0 Å². The van der Waals surface area contributed by atoms with Crippen molar-refractivity contribution in [3.05, 3.63) is 45.7 Å². The van der Waals surface area contributed by atoms with E-state index in [-0.39, 0.29) is 17.5 Å². The van der Waals surface area contributed by atoms with E-state index in [0.717, 1.165) is 22.7 Å². The Bertz CT molecular complexity index is 702. The van der Waals surface area contributed by atoms with Crippen molar-refractivity contribution >= 4 is 22.9 Å². The number of hydrogen-bond donors (Lipinski definition) is 1. The van der Waals surface area contributed by atoms with E-state index < -0.39 is 17.5 Å². The van der Waals surface area contributed by atoms with Crippen molar-refractivity contribution in [2.45, 2.75) is 19.3 Å². The number of aromatic nitrogens is 1. The molecule has 0 spiro atoms. The van der Waals surface area contributed by atoms with E-state index in [0.29, 0.717) is 19.3 Å². The molecule has 3 rings (SSSR count). The zero-order chi connectivity index (χ0) is 15.0. The maximum absolute atomic E-state index is 13.5. The van der Waals surface area contributed by atoms with Gasteiger partial charge in [0.05, 0.1) is 16.9 Å². The summed E-state index contributed by atoms with van der Waals surface area (Å²) in [4.78, 5) is 17.4. The third-order valence-corrected chi connectivity index (χ3v) is 4.45. The molecule has 110 valence electrons. The number of amides is 1. The zero-order valence-electron chi connectivity index (χ0n) is 10.8. The zero-order valence-corrected chi connectivity index (χ0v) is 11.6.